The number of ether oxygens (including phenoxy) is 1. The first-order valence-electron chi connectivity index (χ1n) is 8.66. The van der Waals surface area contributed by atoms with Crippen LogP contribution in [0.5, 0.6) is 5.75 Å². The van der Waals surface area contributed by atoms with Gasteiger partial charge in [0.15, 0.2) is 0 Å². The van der Waals surface area contributed by atoms with E-state index in [9.17, 15) is 13.2 Å². The number of hydrogen-bond donors (Lipinski definition) is 2. The van der Waals surface area contributed by atoms with Gasteiger partial charge in [0.1, 0.15) is 10.6 Å². The molecule has 0 spiro atoms. The molecule has 1 amide bonds. The Morgan fingerprint density at radius 2 is 1.89 bits per heavy atom. The van der Waals surface area contributed by atoms with Crippen molar-refractivity contribution in [1.82, 2.24) is 4.72 Å². The van der Waals surface area contributed by atoms with E-state index in [-0.39, 0.29) is 22.3 Å². The third kappa shape index (κ3) is 4.88. The smallest absolute Gasteiger partial charge is 0.255 e. The molecule has 1 aliphatic carbocycles. The van der Waals surface area contributed by atoms with Gasteiger partial charge in [0.2, 0.25) is 10.0 Å². The van der Waals surface area contributed by atoms with Crippen molar-refractivity contribution in [2.75, 3.05) is 12.4 Å². The van der Waals surface area contributed by atoms with E-state index in [0.29, 0.717) is 5.69 Å². The van der Waals surface area contributed by atoms with E-state index < -0.39 is 15.9 Å². The fraction of sp³-hybridized carbons (Fsp3) is 0.316. The summed E-state index contributed by atoms with van der Waals surface area (Å²) in [5, 5.41) is 2.76. The third-order valence-electron chi connectivity index (χ3n) is 4.47. The van der Waals surface area contributed by atoms with Crippen molar-refractivity contribution in [2.45, 2.75) is 36.6 Å². The van der Waals surface area contributed by atoms with Crippen LogP contribution in [0, 0.1) is 0 Å². The molecule has 144 valence electrons. The van der Waals surface area contributed by atoms with Crippen molar-refractivity contribution in [3.05, 3.63) is 52.5 Å². The molecule has 1 fully saturated rings. The zero-order valence-corrected chi connectivity index (χ0v) is 17.3. The molecule has 0 heterocycles. The van der Waals surface area contributed by atoms with Gasteiger partial charge >= 0.3 is 0 Å². The van der Waals surface area contributed by atoms with Crippen LogP contribution < -0.4 is 14.8 Å². The lowest BCUT2D eigenvalue weighted by Crippen LogP contribution is -2.33. The minimum absolute atomic E-state index is 0.0289. The zero-order chi connectivity index (χ0) is 19.4. The van der Waals surface area contributed by atoms with E-state index in [0.717, 1.165) is 30.2 Å². The lowest BCUT2D eigenvalue weighted by molar-refractivity contribution is 0.102. The van der Waals surface area contributed by atoms with Crippen molar-refractivity contribution >= 4 is 37.5 Å². The van der Waals surface area contributed by atoms with Crippen LogP contribution in [0.2, 0.25) is 0 Å². The predicted octanol–water partition coefficient (Wildman–Crippen LogP) is 3.93. The van der Waals surface area contributed by atoms with Crippen LogP contribution in [0.15, 0.2) is 51.8 Å². The van der Waals surface area contributed by atoms with Crippen molar-refractivity contribution in [3.8, 4) is 5.75 Å². The summed E-state index contributed by atoms with van der Waals surface area (Å²) in [5.74, 6) is -0.187. The Kier molecular flexibility index (Phi) is 6.18. The number of methoxy groups -OCH3 is 1. The quantitative estimate of drug-likeness (QED) is 0.694. The second-order valence-electron chi connectivity index (χ2n) is 6.43. The molecule has 0 bridgehead atoms. The van der Waals surface area contributed by atoms with Crippen LogP contribution in [0.3, 0.4) is 0 Å². The Bertz CT molecular complexity index is 940. The number of nitrogens with one attached hydrogen (secondary N) is 2. The summed E-state index contributed by atoms with van der Waals surface area (Å²) in [5.41, 5.74) is 0.848. The highest BCUT2D eigenvalue weighted by atomic mass is 79.9. The lowest BCUT2D eigenvalue weighted by Gasteiger charge is -2.16. The molecule has 1 saturated carbocycles. The highest BCUT2D eigenvalue weighted by Crippen LogP contribution is 2.27. The van der Waals surface area contributed by atoms with Gasteiger partial charge < -0.3 is 10.1 Å². The number of benzene rings is 2. The van der Waals surface area contributed by atoms with Gasteiger partial charge in [0.25, 0.3) is 5.91 Å². The first-order valence-corrected chi connectivity index (χ1v) is 10.9. The molecule has 3 rings (SSSR count). The van der Waals surface area contributed by atoms with Crippen molar-refractivity contribution in [3.63, 3.8) is 0 Å². The van der Waals surface area contributed by atoms with Gasteiger partial charge in [-0.15, -0.1) is 0 Å². The molecule has 0 radical (unpaired) electrons. The molecule has 0 atom stereocenters. The zero-order valence-electron chi connectivity index (χ0n) is 14.9. The number of anilines is 1. The van der Waals surface area contributed by atoms with Gasteiger partial charge in [0.05, 0.1) is 7.11 Å². The van der Waals surface area contributed by atoms with Crippen LogP contribution in [0.25, 0.3) is 0 Å². The average molecular weight is 453 g/mol. The minimum Gasteiger partial charge on any atom is -0.495 e. The number of amides is 1. The summed E-state index contributed by atoms with van der Waals surface area (Å²) in [4.78, 5) is 12.5. The van der Waals surface area contributed by atoms with E-state index in [4.69, 9.17) is 4.74 Å². The highest BCUT2D eigenvalue weighted by Gasteiger charge is 2.26. The van der Waals surface area contributed by atoms with E-state index in [1.807, 2.05) is 6.07 Å². The number of carbonyl (C=O) groups is 1. The van der Waals surface area contributed by atoms with E-state index >= 15 is 0 Å². The van der Waals surface area contributed by atoms with Gasteiger partial charge in [-0.1, -0.05) is 34.8 Å². The second kappa shape index (κ2) is 8.41. The molecular weight excluding hydrogens is 432 g/mol. The molecule has 0 aliphatic heterocycles. The number of sulfonamides is 1. The topological polar surface area (TPSA) is 84.5 Å². The molecular formula is C19H21BrN2O4S. The summed E-state index contributed by atoms with van der Waals surface area (Å²) in [6.07, 6.45) is 3.67. The molecule has 2 aromatic rings. The van der Waals surface area contributed by atoms with Crippen molar-refractivity contribution in [1.29, 1.82) is 0 Å². The van der Waals surface area contributed by atoms with Gasteiger partial charge in [-0.05, 0) is 49.2 Å². The maximum atomic E-state index is 12.8. The molecule has 1 aliphatic rings. The summed E-state index contributed by atoms with van der Waals surface area (Å²) >= 11 is 3.35. The Balaban J connectivity index is 1.87. The normalized spacial score (nSPS) is 14.9. The molecule has 6 nitrogen and oxygen atoms in total. The standard InChI is InChI=1S/C19H21BrN2O4S/c1-26-17-10-9-13(19(23)21-16-8-4-5-14(20)12-16)11-18(17)27(24,25)22-15-6-2-3-7-15/h4-5,8-12,15,22H,2-3,6-7H2,1H3,(H,21,23). The number of halogens is 1. The Hall–Kier alpha value is -1.90. The van der Waals surface area contributed by atoms with E-state index in [1.54, 1.807) is 24.3 Å². The molecule has 0 saturated heterocycles. The van der Waals surface area contributed by atoms with Crippen LogP contribution in [-0.2, 0) is 10.0 Å². The molecule has 2 aromatic carbocycles. The highest BCUT2D eigenvalue weighted by molar-refractivity contribution is 9.10. The average Bonchev–Trinajstić information content (AvgIpc) is 3.13. The lowest BCUT2D eigenvalue weighted by atomic mass is 10.2. The third-order valence-corrected chi connectivity index (χ3v) is 6.51. The van der Waals surface area contributed by atoms with Gasteiger partial charge in [-0.3, -0.25) is 4.79 Å². The van der Waals surface area contributed by atoms with Gasteiger partial charge in [-0.2, -0.15) is 0 Å². The maximum Gasteiger partial charge on any atom is 0.255 e. The summed E-state index contributed by atoms with van der Waals surface area (Å²) in [6, 6.07) is 11.5. The Morgan fingerprint density at radius 3 is 2.56 bits per heavy atom. The SMILES string of the molecule is COc1ccc(C(=O)Nc2cccc(Br)c2)cc1S(=O)(=O)NC1CCCC1. The summed E-state index contributed by atoms with van der Waals surface area (Å²) < 4.78 is 34.4. The largest absolute Gasteiger partial charge is 0.495 e. The van der Waals surface area contributed by atoms with Gasteiger partial charge in [0, 0.05) is 21.8 Å². The van der Waals surface area contributed by atoms with E-state index in [1.165, 1.54) is 19.2 Å². The maximum absolute atomic E-state index is 12.8. The molecule has 0 unspecified atom stereocenters. The fourth-order valence-corrected chi connectivity index (χ4v) is 5.02. The van der Waals surface area contributed by atoms with Gasteiger partial charge in [-0.25, -0.2) is 13.1 Å². The number of hydrogen-bond acceptors (Lipinski definition) is 4. The number of rotatable bonds is 6. The van der Waals surface area contributed by atoms with Crippen molar-refractivity contribution in [2.24, 2.45) is 0 Å². The Morgan fingerprint density at radius 1 is 1.15 bits per heavy atom. The molecule has 0 aromatic heterocycles. The first-order chi connectivity index (χ1) is 12.9. The van der Waals surface area contributed by atoms with Crippen LogP contribution in [0.4, 0.5) is 5.69 Å². The monoisotopic (exact) mass is 452 g/mol. The first kappa shape index (κ1) is 19.9. The van der Waals surface area contributed by atoms with E-state index in [2.05, 4.69) is 26.0 Å². The van der Waals surface area contributed by atoms with Crippen LogP contribution in [0.1, 0.15) is 36.0 Å². The summed E-state index contributed by atoms with van der Waals surface area (Å²) in [7, 11) is -2.38. The minimum atomic E-state index is -3.78. The predicted molar refractivity (Wildman–Crippen MR) is 108 cm³/mol. The molecule has 27 heavy (non-hydrogen) atoms. The summed E-state index contributed by atoms with van der Waals surface area (Å²) in [6.45, 7) is 0. The molecule has 2 N–H and O–H groups in total. The Labute approximate surface area is 167 Å². The second-order valence-corrected chi connectivity index (χ2v) is 9.03. The number of carbonyl (C=O) groups excluding carboxylic acids is 1. The fourth-order valence-electron chi connectivity index (χ4n) is 3.12. The molecule has 8 heteroatoms. The van der Waals surface area contributed by atoms with Crippen LogP contribution in [-0.4, -0.2) is 27.5 Å². The van der Waals surface area contributed by atoms with Crippen molar-refractivity contribution < 1.29 is 17.9 Å². The van der Waals surface area contributed by atoms with Crippen LogP contribution >= 0.6 is 15.9 Å².